The lowest BCUT2D eigenvalue weighted by Crippen LogP contribution is -2.43. The fourth-order valence-corrected chi connectivity index (χ4v) is 2.65. The van der Waals surface area contributed by atoms with E-state index >= 15 is 0 Å². The number of aromatic nitrogens is 1. The van der Waals surface area contributed by atoms with E-state index in [1.54, 1.807) is 18.2 Å². The molecule has 0 spiro atoms. The second-order valence-corrected chi connectivity index (χ2v) is 6.15. The van der Waals surface area contributed by atoms with Crippen LogP contribution in [0.5, 0.6) is 11.5 Å². The van der Waals surface area contributed by atoms with Crippen LogP contribution in [0.1, 0.15) is 5.56 Å². The third-order valence-corrected chi connectivity index (χ3v) is 4.09. The molecule has 0 saturated carbocycles. The Bertz CT molecular complexity index is 895. The summed E-state index contributed by atoms with van der Waals surface area (Å²) in [6.07, 6.45) is -4.37. The lowest BCUT2D eigenvalue weighted by atomic mass is 10.2. The zero-order chi connectivity index (χ0) is 19.6. The van der Waals surface area contributed by atoms with Crippen LogP contribution >= 0.6 is 0 Å². The summed E-state index contributed by atoms with van der Waals surface area (Å²) >= 11 is 0. The Kier molecular flexibility index (Phi) is 5.11. The van der Waals surface area contributed by atoms with Crippen molar-refractivity contribution in [2.24, 2.45) is 0 Å². The van der Waals surface area contributed by atoms with Gasteiger partial charge in [0.05, 0.1) is 12.1 Å². The van der Waals surface area contributed by atoms with E-state index in [0.717, 1.165) is 10.6 Å². The lowest BCUT2D eigenvalue weighted by Gasteiger charge is -2.29. The molecule has 1 aromatic carbocycles. The van der Waals surface area contributed by atoms with E-state index in [0.29, 0.717) is 23.8 Å². The van der Waals surface area contributed by atoms with Gasteiger partial charge in [0.1, 0.15) is 13.2 Å². The minimum atomic E-state index is -4.59. The van der Waals surface area contributed by atoms with Gasteiger partial charge in [-0.1, -0.05) is 12.1 Å². The van der Waals surface area contributed by atoms with E-state index in [2.05, 4.69) is 0 Å². The van der Waals surface area contributed by atoms with Crippen molar-refractivity contribution in [3.8, 4) is 11.5 Å². The molecule has 1 amide bonds. The van der Waals surface area contributed by atoms with E-state index in [9.17, 15) is 22.8 Å². The molecule has 144 valence electrons. The maximum absolute atomic E-state index is 12.8. The van der Waals surface area contributed by atoms with Crippen LogP contribution in [-0.4, -0.2) is 41.7 Å². The molecule has 0 saturated heterocycles. The number of carbonyl (C=O) groups is 1. The van der Waals surface area contributed by atoms with Gasteiger partial charge in [0, 0.05) is 19.3 Å². The van der Waals surface area contributed by atoms with E-state index in [1.807, 2.05) is 6.07 Å². The van der Waals surface area contributed by atoms with E-state index in [4.69, 9.17) is 9.47 Å². The molecule has 9 heteroatoms. The van der Waals surface area contributed by atoms with Gasteiger partial charge in [0.15, 0.2) is 17.6 Å². The molecule has 1 aliphatic rings. The third kappa shape index (κ3) is 4.42. The highest BCUT2D eigenvalue weighted by Gasteiger charge is 2.31. The lowest BCUT2D eigenvalue weighted by molar-refractivity contribution is -0.138. The van der Waals surface area contributed by atoms with Crippen molar-refractivity contribution in [3.05, 3.63) is 58.5 Å². The van der Waals surface area contributed by atoms with Crippen molar-refractivity contribution in [2.45, 2.75) is 18.8 Å². The molecule has 0 fully saturated rings. The zero-order valence-electron chi connectivity index (χ0n) is 14.4. The quantitative estimate of drug-likeness (QED) is 0.813. The van der Waals surface area contributed by atoms with Gasteiger partial charge < -0.3 is 18.9 Å². The molecule has 0 N–H and O–H groups in total. The Labute approximate surface area is 152 Å². The molecule has 0 unspecified atom stereocenters. The number of pyridine rings is 1. The maximum atomic E-state index is 12.8. The van der Waals surface area contributed by atoms with Crippen molar-refractivity contribution in [1.82, 2.24) is 9.47 Å². The van der Waals surface area contributed by atoms with Crippen LogP contribution in [0.15, 0.2) is 47.4 Å². The Balaban J connectivity index is 1.64. The highest BCUT2D eigenvalue weighted by Crippen LogP contribution is 2.31. The number of nitrogens with zero attached hydrogens (tertiary/aromatic N) is 2. The van der Waals surface area contributed by atoms with Crippen molar-refractivity contribution in [1.29, 1.82) is 0 Å². The smallest absolute Gasteiger partial charge is 0.417 e. The minimum absolute atomic E-state index is 0.168. The van der Waals surface area contributed by atoms with Crippen molar-refractivity contribution < 1.29 is 27.4 Å². The summed E-state index contributed by atoms with van der Waals surface area (Å²) in [5.41, 5.74) is -1.67. The number of amides is 1. The first kappa shape index (κ1) is 18.8. The predicted octanol–water partition coefficient (Wildman–Crippen LogP) is 2.17. The SMILES string of the molecule is CN(C[C@H]1COc2ccccc2O1)C(=O)Cn1cc(C(F)(F)F)ccc1=O. The molecule has 6 nitrogen and oxygen atoms in total. The number of rotatable bonds is 4. The van der Waals surface area contributed by atoms with Gasteiger partial charge in [-0.2, -0.15) is 13.2 Å². The monoisotopic (exact) mass is 382 g/mol. The number of hydrogen-bond donors (Lipinski definition) is 0. The largest absolute Gasteiger partial charge is 0.486 e. The predicted molar refractivity (Wildman–Crippen MR) is 89.7 cm³/mol. The van der Waals surface area contributed by atoms with Crippen LogP contribution in [0.4, 0.5) is 13.2 Å². The van der Waals surface area contributed by atoms with Crippen LogP contribution in [0.2, 0.25) is 0 Å². The van der Waals surface area contributed by atoms with Gasteiger partial charge in [-0.05, 0) is 18.2 Å². The van der Waals surface area contributed by atoms with E-state index in [1.165, 1.54) is 11.9 Å². The molecule has 1 aliphatic heterocycles. The van der Waals surface area contributed by atoms with Gasteiger partial charge in [-0.15, -0.1) is 0 Å². The maximum Gasteiger partial charge on any atom is 0.417 e. The molecule has 3 rings (SSSR count). The third-order valence-electron chi connectivity index (χ3n) is 4.09. The molecular weight excluding hydrogens is 365 g/mol. The second-order valence-electron chi connectivity index (χ2n) is 6.15. The average Bonchev–Trinajstić information content (AvgIpc) is 2.62. The van der Waals surface area contributed by atoms with Crippen LogP contribution < -0.4 is 15.0 Å². The van der Waals surface area contributed by atoms with Crippen LogP contribution in [-0.2, 0) is 17.5 Å². The Morgan fingerprint density at radius 1 is 1.22 bits per heavy atom. The number of carbonyl (C=O) groups excluding carboxylic acids is 1. The fraction of sp³-hybridized carbons (Fsp3) is 0.333. The Hall–Kier alpha value is -2.97. The summed E-state index contributed by atoms with van der Waals surface area (Å²) < 4.78 is 50.4. The highest BCUT2D eigenvalue weighted by atomic mass is 19.4. The first-order valence-electron chi connectivity index (χ1n) is 8.14. The Morgan fingerprint density at radius 3 is 2.63 bits per heavy atom. The van der Waals surface area contributed by atoms with Gasteiger partial charge in [0.25, 0.3) is 5.56 Å². The number of halogens is 3. The van der Waals surface area contributed by atoms with E-state index < -0.39 is 35.9 Å². The molecule has 2 aromatic rings. The minimum Gasteiger partial charge on any atom is -0.486 e. The number of fused-ring (bicyclic) bond motifs is 1. The molecule has 2 heterocycles. The van der Waals surface area contributed by atoms with Gasteiger partial charge >= 0.3 is 6.18 Å². The summed E-state index contributed by atoms with van der Waals surface area (Å²) in [6.45, 7) is -0.0948. The van der Waals surface area contributed by atoms with Crippen LogP contribution in [0.3, 0.4) is 0 Å². The fourth-order valence-electron chi connectivity index (χ4n) is 2.65. The molecule has 0 aliphatic carbocycles. The number of hydrogen-bond acceptors (Lipinski definition) is 4. The molecule has 0 bridgehead atoms. The molecule has 27 heavy (non-hydrogen) atoms. The van der Waals surface area contributed by atoms with Gasteiger partial charge in [-0.3, -0.25) is 9.59 Å². The molecule has 1 aromatic heterocycles. The number of benzene rings is 1. The summed E-state index contributed by atoms with van der Waals surface area (Å²) in [4.78, 5) is 25.4. The first-order valence-corrected chi connectivity index (χ1v) is 8.14. The van der Waals surface area contributed by atoms with Crippen molar-refractivity contribution >= 4 is 5.91 Å². The number of likely N-dealkylation sites (N-methyl/N-ethyl adjacent to an activating group) is 1. The summed E-state index contributed by atoms with van der Waals surface area (Å²) in [5.74, 6) is 0.654. The second kappa shape index (κ2) is 7.34. The van der Waals surface area contributed by atoms with Crippen LogP contribution in [0.25, 0.3) is 0 Å². The zero-order valence-corrected chi connectivity index (χ0v) is 14.4. The number of ether oxygens (including phenoxy) is 2. The van der Waals surface area contributed by atoms with Crippen LogP contribution in [0, 0.1) is 0 Å². The molecule has 0 radical (unpaired) electrons. The summed E-state index contributed by atoms with van der Waals surface area (Å²) in [6, 6.07) is 8.60. The topological polar surface area (TPSA) is 60.8 Å². The normalized spacial score (nSPS) is 16.1. The van der Waals surface area contributed by atoms with Gasteiger partial charge in [0.2, 0.25) is 5.91 Å². The first-order chi connectivity index (χ1) is 12.7. The van der Waals surface area contributed by atoms with Crippen molar-refractivity contribution in [2.75, 3.05) is 20.2 Å². The number of alkyl halides is 3. The molecule has 1 atom stereocenters. The highest BCUT2D eigenvalue weighted by molar-refractivity contribution is 5.75. The van der Waals surface area contributed by atoms with Crippen molar-refractivity contribution in [3.63, 3.8) is 0 Å². The molecular formula is C18H17F3N2O4. The number of para-hydroxylation sites is 2. The summed E-state index contributed by atoms with van der Waals surface area (Å²) in [7, 11) is 1.49. The van der Waals surface area contributed by atoms with Gasteiger partial charge in [-0.25, -0.2) is 0 Å². The summed E-state index contributed by atoms with van der Waals surface area (Å²) in [5, 5.41) is 0. The van der Waals surface area contributed by atoms with E-state index in [-0.39, 0.29) is 13.2 Å². The standard InChI is InChI=1S/C18H17F3N2O4/c1-22(9-13-11-26-14-4-2-3-5-15(14)27-13)17(25)10-23-8-12(18(19,20)21)6-7-16(23)24/h2-8,13H,9-11H2,1H3/t13-/m0/s1. The Morgan fingerprint density at radius 2 is 1.93 bits per heavy atom. The average molecular weight is 382 g/mol.